The molecule has 4 aromatic rings. The number of Topliss-reactive ketones (excluding diaryl/α,β-unsaturated/α-hetero) is 1. The molecule has 200 valence electrons. The van der Waals surface area contributed by atoms with Gasteiger partial charge in [0.05, 0.1) is 12.6 Å². The number of carbonyl (C=O) groups excluding carboxylic acids is 1. The van der Waals surface area contributed by atoms with E-state index in [2.05, 4.69) is 69.7 Å². The smallest absolute Gasteiger partial charge is 0.152 e. The highest BCUT2D eigenvalue weighted by molar-refractivity contribution is 5.92. The standard InChI is InChI=1S/C33H36N4O2/c38-31(15-8-24-39-27-11-2-1-3-12-27)32(30-17-16-26-10-5-7-14-29(26)35-30)36-20-22-37(23-21-36)33-28-13-6-4-9-25(28)18-19-34-33/h1-7,9-14,18-19,30,32,35H,8,15-17,20-24H2. The number of hydrogen-bond acceptors (Lipinski definition) is 6. The maximum absolute atomic E-state index is 13.8. The molecule has 2 atom stereocenters. The number of rotatable bonds is 9. The summed E-state index contributed by atoms with van der Waals surface area (Å²) in [7, 11) is 0. The fourth-order valence-corrected chi connectivity index (χ4v) is 6.05. The average Bonchev–Trinajstić information content (AvgIpc) is 3.00. The number of ketones is 1. The van der Waals surface area contributed by atoms with Gasteiger partial charge in [0.1, 0.15) is 11.6 Å². The first-order chi connectivity index (χ1) is 19.3. The van der Waals surface area contributed by atoms with Gasteiger partial charge >= 0.3 is 0 Å². The first-order valence-electron chi connectivity index (χ1n) is 14.1. The molecule has 0 saturated carbocycles. The lowest BCUT2D eigenvalue weighted by Crippen LogP contribution is -2.58. The van der Waals surface area contributed by atoms with Crippen molar-refractivity contribution in [2.24, 2.45) is 0 Å². The van der Waals surface area contributed by atoms with E-state index in [1.165, 1.54) is 16.3 Å². The Morgan fingerprint density at radius 3 is 2.56 bits per heavy atom. The van der Waals surface area contributed by atoms with Crippen LogP contribution in [0.25, 0.3) is 10.8 Å². The molecule has 6 nitrogen and oxygen atoms in total. The molecule has 3 heterocycles. The molecule has 1 fully saturated rings. The van der Waals surface area contributed by atoms with Crippen LogP contribution in [-0.4, -0.2) is 60.5 Å². The second-order valence-corrected chi connectivity index (χ2v) is 10.5. The summed E-state index contributed by atoms with van der Waals surface area (Å²) in [5.41, 5.74) is 2.50. The third-order valence-corrected chi connectivity index (χ3v) is 8.03. The molecule has 3 aromatic carbocycles. The van der Waals surface area contributed by atoms with E-state index in [4.69, 9.17) is 9.72 Å². The minimum absolute atomic E-state index is 0.102. The van der Waals surface area contributed by atoms with E-state index < -0.39 is 0 Å². The summed E-state index contributed by atoms with van der Waals surface area (Å²) in [6, 6.07) is 28.8. The largest absolute Gasteiger partial charge is 0.494 e. The van der Waals surface area contributed by atoms with Crippen molar-refractivity contribution in [2.75, 3.05) is 43.0 Å². The molecule has 1 aromatic heterocycles. The second-order valence-electron chi connectivity index (χ2n) is 10.5. The average molecular weight is 521 g/mol. The van der Waals surface area contributed by atoms with Gasteiger partial charge in [0.15, 0.2) is 5.78 Å². The van der Waals surface area contributed by atoms with E-state index in [0.29, 0.717) is 25.2 Å². The van der Waals surface area contributed by atoms with Crippen LogP contribution in [0.4, 0.5) is 11.5 Å². The molecule has 0 aliphatic carbocycles. The van der Waals surface area contributed by atoms with Crippen LogP contribution in [0.15, 0.2) is 91.1 Å². The number of aromatic nitrogens is 1. The third-order valence-electron chi connectivity index (χ3n) is 8.03. The number of pyridine rings is 1. The molecule has 0 radical (unpaired) electrons. The van der Waals surface area contributed by atoms with E-state index in [0.717, 1.165) is 56.3 Å². The third kappa shape index (κ3) is 5.76. The number of aryl methyl sites for hydroxylation is 1. The van der Waals surface area contributed by atoms with Crippen LogP contribution < -0.4 is 15.0 Å². The minimum Gasteiger partial charge on any atom is -0.494 e. The summed E-state index contributed by atoms with van der Waals surface area (Å²) in [4.78, 5) is 23.4. The molecule has 39 heavy (non-hydrogen) atoms. The summed E-state index contributed by atoms with van der Waals surface area (Å²) in [5, 5.41) is 6.13. The van der Waals surface area contributed by atoms with Crippen molar-refractivity contribution in [3.8, 4) is 5.75 Å². The van der Waals surface area contributed by atoms with Gasteiger partial charge in [-0.2, -0.15) is 0 Å². The number of para-hydroxylation sites is 2. The van der Waals surface area contributed by atoms with E-state index in [-0.39, 0.29) is 12.1 Å². The SMILES string of the molecule is O=C(CCCOc1ccccc1)C(C1CCc2ccccc2N1)N1CCN(c2nccc3ccccc23)CC1. The number of benzene rings is 3. The van der Waals surface area contributed by atoms with Crippen molar-refractivity contribution in [3.63, 3.8) is 0 Å². The topological polar surface area (TPSA) is 57.7 Å². The molecule has 2 unspecified atom stereocenters. The Bertz CT molecular complexity index is 1400. The van der Waals surface area contributed by atoms with Gasteiger partial charge < -0.3 is 15.0 Å². The maximum atomic E-state index is 13.8. The number of nitrogens with one attached hydrogen (secondary N) is 1. The second kappa shape index (κ2) is 11.9. The molecule has 0 bridgehead atoms. The summed E-state index contributed by atoms with van der Waals surface area (Å²) in [5.74, 6) is 2.20. The Morgan fingerprint density at radius 1 is 0.923 bits per heavy atom. The molecule has 6 heteroatoms. The summed E-state index contributed by atoms with van der Waals surface area (Å²) >= 11 is 0. The van der Waals surface area contributed by atoms with Crippen molar-refractivity contribution >= 4 is 28.1 Å². The molecular weight excluding hydrogens is 484 g/mol. The van der Waals surface area contributed by atoms with Crippen molar-refractivity contribution in [2.45, 2.75) is 37.8 Å². The number of fused-ring (bicyclic) bond motifs is 2. The van der Waals surface area contributed by atoms with E-state index in [9.17, 15) is 4.79 Å². The van der Waals surface area contributed by atoms with Gasteiger partial charge in [0, 0.05) is 55.9 Å². The quantitative estimate of drug-likeness (QED) is 0.291. The van der Waals surface area contributed by atoms with E-state index in [1.807, 2.05) is 36.5 Å². The Hall–Kier alpha value is -3.90. The number of hydrogen-bond donors (Lipinski definition) is 1. The molecule has 2 aliphatic rings. The predicted octanol–water partition coefficient (Wildman–Crippen LogP) is 5.58. The zero-order valence-electron chi connectivity index (χ0n) is 22.3. The van der Waals surface area contributed by atoms with Gasteiger partial charge in [-0.25, -0.2) is 4.98 Å². The van der Waals surface area contributed by atoms with Crippen LogP contribution in [0.5, 0.6) is 5.75 Å². The van der Waals surface area contributed by atoms with Crippen molar-refractivity contribution in [3.05, 3.63) is 96.7 Å². The highest BCUT2D eigenvalue weighted by Gasteiger charge is 2.36. The van der Waals surface area contributed by atoms with Gasteiger partial charge in [0.2, 0.25) is 0 Å². The predicted molar refractivity (Wildman–Crippen MR) is 158 cm³/mol. The van der Waals surface area contributed by atoms with E-state index in [1.54, 1.807) is 0 Å². The van der Waals surface area contributed by atoms with Gasteiger partial charge in [-0.3, -0.25) is 9.69 Å². The van der Waals surface area contributed by atoms with Gasteiger partial charge in [-0.15, -0.1) is 0 Å². The maximum Gasteiger partial charge on any atom is 0.152 e. The normalized spacial score (nSPS) is 18.3. The highest BCUT2D eigenvalue weighted by atomic mass is 16.5. The van der Waals surface area contributed by atoms with Crippen LogP contribution >= 0.6 is 0 Å². The Balaban J connectivity index is 1.15. The Labute approximate surface area is 230 Å². The molecular formula is C33H36N4O2. The molecule has 2 aliphatic heterocycles. The zero-order valence-corrected chi connectivity index (χ0v) is 22.3. The monoisotopic (exact) mass is 520 g/mol. The number of carbonyl (C=O) groups is 1. The van der Waals surface area contributed by atoms with Gasteiger partial charge in [-0.1, -0.05) is 60.7 Å². The number of ether oxygens (including phenoxy) is 1. The van der Waals surface area contributed by atoms with E-state index >= 15 is 0 Å². The number of nitrogens with zero attached hydrogens (tertiary/aromatic N) is 3. The van der Waals surface area contributed by atoms with Crippen molar-refractivity contribution in [1.82, 2.24) is 9.88 Å². The first-order valence-corrected chi connectivity index (χ1v) is 14.1. The molecule has 0 spiro atoms. The van der Waals surface area contributed by atoms with Gasteiger partial charge in [0.25, 0.3) is 0 Å². The molecule has 1 saturated heterocycles. The Morgan fingerprint density at radius 2 is 1.69 bits per heavy atom. The molecule has 1 N–H and O–H groups in total. The lowest BCUT2D eigenvalue weighted by molar-refractivity contribution is -0.125. The highest BCUT2D eigenvalue weighted by Crippen LogP contribution is 2.30. The summed E-state index contributed by atoms with van der Waals surface area (Å²) in [6.45, 7) is 3.92. The lowest BCUT2D eigenvalue weighted by atomic mass is 9.89. The van der Waals surface area contributed by atoms with Gasteiger partial charge in [-0.05, 0) is 54.5 Å². The fourth-order valence-electron chi connectivity index (χ4n) is 6.05. The van der Waals surface area contributed by atoms with Crippen molar-refractivity contribution in [1.29, 1.82) is 0 Å². The summed E-state index contributed by atoms with van der Waals surface area (Å²) < 4.78 is 5.88. The van der Waals surface area contributed by atoms with Crippen LogP contribution in [0.1, 0.15) is 24.8 Å². The van der Waals surface area contributed by atoms with Crippen LogP contribution in [0, 0.1) is 0 Å². The minimum atomic E-state index is -0.155. The van der Waals surface area contributed by atoms with Crippen LogP contribution in [0.2, 0.25) is 0 Å². The van der Waals surface area contributed by atoms with Crippen molar-refractivity contribution < 1.29 is 9.53 Å². The fraction of sp³-hybridized carbons (Fsp3) is 0.333. The zero-order chi connectivity index (χ0) is 26.4. The first kappa shape index (κ1) is 25.4. The Kier molecular flexibility index (Phi) is 7.73. The summed E-state index contributed by atoms with van der Waals surface area (Å²) in [6.07, 6.45) is 5.08. The number of anilines is 2. The molecule has 6 rings (SSSR count). The van der Waals surface area contributed by atoms with Crippen LogP contribution in [0.3, 0.4) is 0 Å². The van der Waals surface area contributed by atoms with Crippen LogP contribution in [-0.2, 0) is 11.2 Å². The lowest BCUT2D eigenvalue weighted by Gasteiger charge is -2.43. The number of piperazine rings is 1. The molecule has 0 amide bonds.